The normalized spacial score (nSPS) is 28.4. The van der Waals surface area contributed by atoms with Gasteiger partial charge in [0.15, 0.2) is 0 Å². The average Bonchev–Trinajstić information content (AvgIpc) is 2.01. The first-order valence-electron chi connectivity index (χ1n) is 5.07. The first kappa shape index (κ1) is 8.09. The van der Waals surface area contributed by atoms with E-state index in [1.807, 2.05) is 0 Å². The predicted molar refractivity (Wildman–Crippen MR) is 50.5 cm³/mol. The van der Waals surface area contributed by atoms with Gasteiger partial charge in [0, 0.05) is 18.5 Å². The quantitative estimate of drug-likeness (QED) is 0.636. The van der Waals surface area contributed by atoms with Gasteiger partial charge in [-0.15, -0.1) is 0 Å². The van der Waals surface area contributed by atoms with Gasteiger partial charge in [-0.3, -0.25) is 5.41 Å². The van der Waals surface area contributed by atoms with Crippen LogP contribution in [-0.2, 0) is 0 Å². The van der Waals surface area contributed by atoms with E-state index in [4.69, 9.17) is 5.41 Å². The number of piperidine rings is 1. The highest BCUT2D eigenvalue weighted by molar-refractivity contribution is 5.80. The Balaban J connectivity index is 2.05. The summed E-state index contributed by atoms with van der Waals surface area (Å²) < 4.78 is 0. The molecule has 0 spiro atoms. The van der Waals surface area contributed by atoms with Crippen molar-refractivity contribution in [2.75, 3.05) is 6.54 Å². The van der Waals surface area contributed by atoms with E-state index in [0.29, 0.717) is 5.54 Å². The molecule has 1 N–H and O–H groups in total. The van der Waals surface area contributed by atoms with Gasteiger partial charge in [-0.1, -0.05) is 0 Å². The van der Waals surface area contributed by atoms with Crippen molar-refractivity contribution in [3.63, 3.8) is 0 Å². The molecule has 2 fully saturated rings. The summed E-state index contributed by atoms with van der Waals surface area (Å²) in [6.45, 7) is 3.45. The monoisotopic (exact) mass is 166 g/mol. The van der Waals surface area contributed by atoms with Gasteiger partial charge < -0.3 is 4.90 Å². The second-order valence-corrected chi connectivity index (χ2v) is 4.41. The van der Waals surface area contributed by atoms with E-state index >= 15 is 0 Å². The number of amidine groups is 1. The SMILES string of the molecule is CC1(N2CCCCC2=N)CCC1. The number of likely N-dealkylation sites (tertiary alicyclic amines) is 1. The van der Waals surface area contributed by atoms with Gasteiger partial charge in [0.1, 0.15) is 0 Å². The van der Waals surface area contributed by atoms with Crippen molar-refractivity contribution in [1.29, 1.82) is 5.41 Å². The number of hydrogen-bond acceptors (Lipinski definition) is 1. The molecule has 2 rings (SSSR count). The van der Waals surface area contributed by atoms with Gasteiger partial charge >= 0.3 is 0 Å². The Morgan fingerprint density at radius 1 is 1.25 bits per heavy atom. The summed E-state index contributed by atoms with van der Waals surface area (Å²) in [4.78, 5) is 2.35. The van der Waals surface area contributed by atoms with Gasteiger partial charge in [-0.2, -0.15) is 0 Å². The summed E-state index contributed by atoms with van der Waals surface area (Å²) in [5.41, 5.74) is 0.373. The molecular formula is C10H18N2. The molecule has 2 nitrogen and oxygen atoms in total. The Bertz CT molecular complexity index is 194. The van der Waals surface area contributed by atoms with E-state index < -0.39 is 0 Å². The summed E-state index contributed by atoms with van der Waals surface area (Å²) in [6, 6.07) is 0. The number of hydrogen-bond donors (Lipinski definition) is 1. The number of nitrogens with zero attached hydrogens (tertiary/aromatic N) is 1. The summed E-state index contributed by atoms with van der Waals surface area (Å²) >= 11 is 0. The smallest absolute Gasteiger partial charge is 0.0962 e. The van der Waals surface area contributed by atoms with Crippen LogP contribution >= 0.6 is 0 Å². The molecule has 68 valence electrons. The first-order chi connectivity index (χ1) is 5.72. The second kappa shape index (κ2) is 2.75. The third kappa shape index (κ3) is 1.13. The molecule has 1 heterocycles. The fourth-order valence-corrected chi connectivity index (χ4v) is 2.39. The number of nitrogens with one attached hydrogen (secondary N) is 1. The first-order valence-corrected chi connectivity index (χ1v) is 5.07. The molecule has 0 bridgehead atoms. The van der Waals surface area contributed by atoms with Gasteiger partial charge in [0.25, 0.3) is 0 Å². The van der Waals surface area contributed by atoms with Crippen molar-refractivity contribution < 1.29 is 0 Å². The lowest BCUT2D eigenvalue weighted by Crippen LogP contribution is -2.55. The molecule has 0 unspecified atom stereocenters. The lowest BCUT2D eigenvalue weighted by atomic mass is 9.76. The lowest BCUT2D eigenvalue weighted by molar-refractivity contribution is 0.0849. The minimum absolute atomic E-state index is 0.373. The van der Waals surface area contributed by atoms with Crippen LogP contribution in [0.25, 0.3) is 0 Å². The van der Waals surface area contributed by atoms with Crippen molar-refractivity contribution in [2.24, 2.45) is 0 Å². The molecule has 1 aliphatic heterocycles. The maximum atomic E-state index is 7.86. The summed E-state index contributed by atoms with van der Waals surface area (Å²) in [5, 5.41) is 7.86. The predicted octanol–water partition coefficient (Wildman–Crippen LogP) is 2.39. The fourth-order valence-electron chi connectivity index (χ4n) is 2.39. The molecule has 0 amide bonds. The molecule has 0 aromatic rings. The van der Waals surface area contributed by atoms with E-state index in [0.717, 1.165) is 18.8 Å². The van der Waals surface area contributed by atoms with E-state index in [-0.39, 0.29) is 0 Å². The zero-order valence-corrected chi connectivity index (χ0v) is 7.90. The fraction of sp³-hybridized carbons (Fsp3) is 0.900. The Morgan fingerprint density at radius 3 is 2.50 bits per heavy atom. The van der Waals surface area contributed by atoms with Crippen LogP contribution in [0.4, 0.5) is 0 Å². The minimum atomic E-state index is 0.373. The standard InChI is InChI=1S/C10H18N2/c1-10(6-4-7-10)12-8-3-2-5-9(12)11/h11H,2-8H2,1H3. The topological polar surface area (TPSA) is 27.1 Å². The van der Waals surface area contributed by atoms with E-state index in [1.165, 1.54) is 32.1 Å². The Kier molecular flexibility index (Phi) is 1.85. The molecule has 0 aromatic heterocycles. The van der Waals surface area contributed by atoms with Crippen LogP contribution < -0.4 is 0 Å². The maximum Gasteiger partial charge on any atom is 0.0962 e. The molecule has 0 aromatic carbocycles. The molecule has 12 heavy (non-hydrogen) atoms. The molecule has 2 aliphatic rings. The van der Waals surface area contributed by atoms with Gasteiger partial charge in [-0.05, 0) is 39.0 Å². The van der Waals surface area contributed by atoms with E-state index in [2.05, 4.69) is 11.8 Å². The molecule has 0 atom stereocenters. The van der Waals surface area contributed by atoms with Gasteiger partial charge in [0.2, 0.25) is 0 Å². The molecule has 1 saturated carbocycles. The third-order valence-electron chi connectivity index (χ3n) is 3.45. The average molecular weight is 166 g/mol. The maximum absolute atomic E-state index is 7.86. The van der Waals surface area contributed by atoms with Crippen LogP contribution in [0.15, 0.2) is 0 Å². The second-order valence-electron chi connectivity index (χ2n) is 4.41. The largest absolute Gasteiger partial charge is 0.355 e. The Morgan fingerprint density at radius 2 is 2.00 bits per heavy atom. The zero-order valence-electron chi connectivity index (χ0n) is 7.90. The third-order valence-corrected chi connectivity index (χ3v) is 3.45. The van der Waals surface area contributed by atoms with Crippen molar-refractivity contribution >= 4 is 5.84 Å². The molecular weight excluding hydrogens is 148 g/mol. The molecule has 2 heteroatoms. The van der Waals surface area contributed by atoms with Gasteiger partial charge in [-0.25, -0.2) is 0 Å². The summed E-state index contributed by atoms with van der Waals surface area (Å²) in [5.74, 6) is 0.892. The molecule has 1 aliphatic carbocycles. The van der Waals surface area contributed by atoms with Crippen molar-refractivity contribution in [2.45, 2.75) is 51.0 Å². The van der Waals surface area contributed by atoms with Crippen LogP contribution in [-0.4, -0.2) is 22.8 Å². The van der Waals surface area contributed by atoms with Crippen molar-refractivity contribution in [1.82, 2.24) is 4.90 Å². The van der Waals surface area contributed by atoms with Crippen LogP contribution in [0, 0.1) is 5.41 Å². The van der Waals surface area contributed by atoms with Crippen LogP contribution in [0.2, 0.25) is 0 Å². The van der Waals surface area contributed by atoms with Gasteiger partial charge in [0.05, 0.1) is 5.84 Å². The van der Waals surface area contributed by atoms with Crippen LogP contribution in [0.1, 0.15) is 45.4 Å². The van der Waals surface area contributed by atoms with E-state index in [9.17, 15) is 0 Å². The van der Waals surface area contributed by atoms with E-state index in [1.54, 1.807) is 0 Å². The van der Waals surface area contributed by atoms with Crippen LogP contribution in [0.5, 0.6) is 0 Å². The highest BCUT2D eigenvalue weighted by Crippen LogP contribution is 2.38. The van der Waals surface area contributed by atoms with Crippen molar-refractivity contribution in [3.8, 4) is 0 Å². The lowest BCUT2D eigenvalue weighted by Gasteiger charge is -2.50. The Labute approximate surface area is 74.5 Å². The number of rotatable bonds is 1. The highest BCUT2D eigenvalue weighted by Gasteiger charge is 2.39. The summed E-state index contributed by atoms with van der Waals surface area (Å²) in [6.07, 6.45) is 7.49. The highest BCUT2D eigenvalue weighted by atomic mass is 15.2. The van der Waals surface area contributed by atoms with Crippen LogP contribution in [0.3, 0.4) is 0 Å². The molecule has 0 radical (unpaired) electrons. The summed E-state index contributed by atoms with van der Waals surface area (Å²) in [7, 11) is 0. The van der Waals surface area contributed by atoms with Crippen molar-refractivity contribution in [3.05, 3.63) is 0 Å². The minimum Gasteiger partial charge on any atom is -0.355 e. The molecule has 1 saturated heterocycles. The Hall–Kier alpha value is -0.530. The zero-order chi connectivity index (χ0) is 8.60.